The number of hydrogen-bond donors (Lipinski definition) is 2. The Hall–Kier alpha value is -0.200. The van der Waals surface area contributed by atoms with Gasteiger partial charge in [-0.1, -0.05) is 0 Å². The Kier molecular flexibility index (Phi) is 9.68. The van der Waals surface area contributed by atoms with Crippen molar-refractivity contribution in [3.05, 3.63) is 0 Å². The lowest BCUT2D eigenvalue weighted by Crippen LogP contribution is -2.29. The Balaban J connectivity index is 3.45. The van der Waals surface area contributed by atoms with Crippen LogP contribution in [0, 0.1) is 0 Å². The number of rotatable bonds is 10. The second kappa shape index (κ2) is 9.79. The molecule has 0 aromatic carbocycles. The first-order valence-corrected chi connectivity index (χ1v) is 6.24. The van der Waals surface area contributed by atoms with E-state index in [-0.39, 0.29) is 24.3 Å². The molecule has 5 nitrogen and oxygen atoms in total. The fourth-order valence-electron chi connectivity index (χ4n) is 1.13. The van der Waals surface area contributed by atoms with Crippen molar-refractivity contribution in [2.45, 2.75) is 52.0 Å². The van der Waals surface area contributed by atoms with Gasteiger partial charge in [-0.25, -0.2) is 0 Å². The molecule has 0 aliphatic heterocycles. The zero-order chi connectivity index (χ0) is 13.3. The summed E-state index contributed by atoms with van der Waals surface area (Å²) in [7, 11) is 0. The van der Waals surface area contributed by atoms with Crippen LogP contribution in [0.25, 0.3) is 0 Å². The van der Waals surface area contributed by atoms with Crippen molar-refractivity contribution in [1.29, 1.82) is 0 Å². The average molecular weight is 248 g/mol. The first-order valence-electron chi connectivity index (χ1n) is 6.24. The minimum Gasteiger partial charge on any atom is -0.377 e. The highest BCUT2D eigenvalue weighted by atomic mass is 16.6. The molecule has 0 fully saturated rings. The molecule has 0 amide bonds. The molecule has 4 atom stereocenters. The molecule has 0 aromatic heterocycles. The molecule has 2 unspecified atom stereocenters. The van der Waals surface area contributed by atoms with Gasteiger partial charge in [-0.05, 0) is 27.7 Å². The lowest BCUT2D eigenvalue weighted by atomic mass is 10.3. The van der Waals surface area contributed by atoms with Gasteiger partial charge in [-0.3, -0.25) is 0 Å². The molecule has 17 heavy (non-hydrogen) atoms. The molecule has 0 spiro atoms. The highest BCUT2D eigenvalue weighted by molar-refractivity contribution is 4.56. The van der Waals surface area contributed by atoms with E-state index in [2.05, 4.69) is 0 Å². The molecule has 0 radical (unpaired) electrons. The number of nitrogens with two attached hydrogens (primary N) is 2. The van der Waals surface area contributed by atoms with E-state index in [1.54, 1.807) is 0 Å². The van der Waals surface area contributed by atoms with E-state index in [0.717, 1.165) is 0 Å². The molecule has 104 valence electrons. The molecule has 0 aliphatic carbocycles. The van der Waals surface area contributed by atoms with E-state index in [4.69, 9.17) is 25.7 Å². The van der Waals surface area contributed by atoms with E-state index < -0.39 is 0 Å². The van der Waals surface area contributed by atoms with Crippen LogP contribution in [0.5, 0.6) is 0 Å². The lowest BCUT2D eigenvalue weighted by molar-refractivity contribution is -0.0591. The summed E-state index contributed by atoms with van der Waals surface area (Å²) in [5, 5.41) is 0. The zero-order valence-electron chi connectivity index (χ0n) is 11.5. The Morgan fingerprint density at radius 2 is 1.18 bits per heavy atom. The predicted molar refractivity (Wildman–Crippen MR) is 68.9 cm³/mol. The van der Waals surface area contributed by atoms with Gasteiger partial charge in [0.15, 0.2) is 0 Å². The SMILES string of the molecule is CC(N)CO[C@H](C)COC(C)COC[C@H](C)N. The molecule has 0 saturated heterocycles. The summed E-state index contributed by atoms with van der Waals surface area (Å²) in [5.41, 5.74) is 11.2. The normalized spacial score (nSPS) is 18.7. The van der Waals surface area contributed by atoms with Crippen molar-refractivity contribution >= 4 is 0 Å². The molecule has 0 bridgehead atoms. The molecule has 5 heteroatoms. The largest absolute Gasteiger partial charge is 0.377 e. The summed E-state index contributed by atoms with van der Waals surface area (Å²) in [6, 6.07) is 0.125. The highest BCUT2D eigenvalue weighted by Crippen LogP contribution is 1.98. The van der Waals surface area contributed by atoms with E-state index in [1.165, 1.54) is 0 Å². The van der Waals surface area contributed by atoms with E-state index >= 15 is 0 Å². The molecular weight excluding hydrogens is 220 g/mol. The summed E-state index contributed by atoms with van der Waals surface area (Å²) < 4.78 is 16.4. The second-order valence-corrected chi connectivity index (χ2v) is 4.78. The van der Waals surface area contributed by atoms with Gasteiger partial charge in [0.05, 0.1) is 38.6 Å². The van der Waals surface area contributed by atoms with Crippen molar-refractivity contribution < 1.29 is 14.2 Å². The summed E-state index contributed by atoms with van der Waals surface area (Å²) >= 11 is 0. The summed E-state index contributed by atoms with van der Waals surface area (Å²) in [6.07, 6.45) is 0.104. The molecule has 4 N–H and O–H groups in total. The van der Waals surface area contributed by atoms with Gasteiger partial charge in [-0.15, -0.1) is 0 Å². The molecule has 0 aliphatic rings. The van der Waals surface area contributed by atoms with Gasteiger partial charge < -0.3 is 25.7 Å². The number of ether oxygens (including phenoxy) is 3. The van der Waals surface area contributed by atoms with Crippen molar-refractivity contribution in [3.8, 4) is 0 Å². The maximum atomic E-state index is 5.59. The van der Waals surface area contributed by atoms with Crippen LogP contribution in [0.15, 0.2) is 0 Å². The van der Waals surface area contributed by atoms with Gasteiger partial charge in [0.1, 0.15) is 0 Å². The molecule has 0 heterocycles. The van der Waals surface area contributed by atoms with E-state index in [1.807, 2.05) is 27.7 Å². The Labute approximate surface area is 105 Å². The van der Waals surface area contributed by atoms with Crippen LogP contribution in [-0.4, -0.2) is 50.7 Å². The van der Waals surface area contributed by atoms with Gasteiger partial charge in [0.2, 0.25) is 0 Å². The zero-order valence-corrected chi connectivity index (χ0v) is 11.5. The second-order valence-electron chi connectivity index (χ2n) is 4.78. The monoisotopic (exact) mass is 248 g/mol. The Morgan fingerprint density at radius 3 is 1.71 bits per heavy atom. The van der Waals surface area contributed by atoms with Gasteiger partial charge >= 0.3 is 0 Å². The molecule has 0 aromatic rings. The van der Waals surface area contributed by atoms with Crippen LogP contribution in [0.4, 0.5) is 0 Å². The maximum absolute atomic E-state index is 5.59. The Bertz CT molecular complexity index is 177. The topological polar surface area (TPSA) is 79.7 Å². The standard InChI is InChI=1S/C12H28N2O3/c1-9(13)5-15-7-11(3)17-8-12(4)16-6-10(2)14/h9-12H,5-8,13-14H2,1-4H3/t9-,10?,11?,12+/m0/s1. The third-order valence-corrected chi connectivity index (χ3v) is 1.99. The predicted octanol–water partition coefficient (Wildman–Crippen LogP) is 0.508. The van der Waals surface area contributed by atoms with Crippen molar-refractivity contribution in [2.24, 2.45) is 11.5 Å². The third kappa shape index (κ3) is 12.1. The molecular formula is C12H28N2O3. The lowest BCUT2D eigenvalue weighted by Gasteiger charge is -2.19. The van der Waals surface area contributed by atoms with Gasteiger partial charge in [-0.2, -0.15) is 0 Å². The minimum atomic E-state index is 0.0510. The first-order chi connectivity index (χ1) is 7.91. The van der Waals surface area contributed by atoms with Crippen molar-refractivity contribution in [3.63, 3.8) is 0 Å². The van der Waals surface area contributed by atoms with Crippen LogP contribution in [-0.2, 0) is 14.2 Å². The molecule has 0 rings (SSSR count). The van der Waals surface area contributed by atoms with E-state index in [0.29, 0.717) is 26.4 Å². The summed E-state index contributed by atoms with van der Waals surface area (Å²) in [5.74, 6) is 0. The van der Waals surface area contributed by atoms with Gasteiger partial charge in [0.25, 0.3) is 0 Å². The smallest absolute Gasteiger partial charge is 0.0781 e. The minimum absolute atomic E-state index is 0.0510. The maximum Gasteiger partial charge on any atom is 0.0781 e. The van der Waals surface area contributed by atoms with E-state index in [9.17, 15) is 0 Å². The average Bonchev–Trinajstić information content (AvgIpc) is 2.23. The fraction of sp³-hybridized carbons (Fsp3) is 1.00. The van der Waals surface area contributed by atoms with Gasteiger partial charge in [0, 0.05) is 12.1 Å². The van der Waals surface area contributed by atoms with Crippen LogP contribution >= 0.6 is 0 Å². The Morgan fingerprint density at radius 1 is 0.706 bits per heavy atom. The summed E-state index contributed by atoms with van der Waals surface area (Å²) in [4.78, 5) is 0. The van der Waals surface area contributed by atoms with Crippen LogP contribution in [0.1, 0.15) is 27.7 Å². The van der Waals surface area contributed by atoms with Crippen molar-refractivity contribution in [2.75, 3.05) is 26.4 Å². The van der Waals surface area contributed by atoms with Crippen LogP contribution < -0.4 is 11.5 Å². The first kappa shape index (κ1) is 16.8. The fourth-order valence-corrected chi connectivity index (χ4v) is 1.13. The van der Waals surface area contributed by atoms with Crippen LogP contribution in [0.3, 0.4) is 0 Å². The highest BCUT2D eigenvalue weighted by Gasteiger charge is 2.08. The van der Waals surface area contributed by atoms with Crippen molar-refractivity contribution in [1.82, 2.24) is 0 Å². The quantitative estimate of drug-likeness (QED) is 0.589. The van der Waals surface area contributed by atoms with Crippen LogP contribution in [0.2, 0.25) is 0 Å². The third-order valence-electron chi connectivity index (χ3n) is 1.99. The summed E-state index contributed by atoms with van der Waals surface area (Å²) in [6.45, 7) is 9.99. The number of hydrogen-bond acceptors (Lipinski definition) is 5. The molecule has 0 saturated carbocycles.